The minimum absolute atomic E-state index is 0.728. The van der Waals surface area contributed by atoms with Crippen LogP contribution >= 0.6 is 40.8 Å². The van der Waals surface area contributed by atoms with Crippen molar-refractivity contribution < 1.29 is 17.6 Å². The lowest BCUT2D eigenvalue weighted by Crippen LogP contribution is -2.09. The molecule has 0 aliphatic rings. The van der Waals surface area contributed by atoms with Crippen molar-refractivity contribution in [1.29, 1.82) is 0 Å². The molecule has 0 rings (SSSR count). The van der Waals surface area contributed by atoms with Gasteiger partial charge in [-0.05, 0) is 15.9 Å². The van der Waals surface area contributed by atoms with Crippen molar-refractivity contribution in [2.45, 2.75) is 6.18 Å². The molecule has 0 nitrogen and oxygen atoms in total. The van der Waals surface area contributed by atoms with Gasteiger partial charge in [0, 0.05) is 0 Å². The highest BCUT2D eigenvalue weighted by Crippen LogP contribution is 2.34. The van der Waals surface area contributed by atoms with E-state index in [0.717, 1.165) is 0 Å². The van der Waals surface area contributed by atoms with Gasteiger partial charge in [0.15, 0.2) is 5.83 Å². The second-order valence-corrected chi connectivity index (χ2v) is 3.38. The number of allylic oxidation sites excluding steroid dienone is 1. The first-order chi connectivity index (χ1) is 4.76. The maximum Gasteiger partial charge on any atom is 0.425 e. The zero-order valence-corrected chi connectivity index (χ0v) is 8.04. The predicted octanol–water partition coefficient (Wildman–Crippen LogP) is 3.38. The van der Waals surface area contributed by atoms with E-state index in [2.05, 4.69) is 24.8 Å². The van der Waals surface area contributed by atoms with Gasteiger partial charge in [0.1, 0.15) is 8.68 Å². The van der Waals surface area contributed by atoms with Gasteiger partial charge in [0.2, 0.25) is 0 Å². The summed E-state index contributed by atoms with van der Waals surface area (Å²) in [6.07, 6.45) is -4.75. The van der Waals surface area contributed by atoms with Crippen molar-refractivity contribution >= 4 is 45.0 Å². The van der Waals surface area contributed by atoms with Crippen LogP contribution in [0.15, 0.2) is 10.3 Å². The third kappa shape index (κ3) is 3.53. The molecule has 0 radical (unpaired) electrons. The zero-order chi connectivity index (χ0) is 9.23. The van der Waals surface area contributed by atoms with Crippen LogP contribution in [-0.2, 0) is 0 Å². The van der Waals surface area contributed by atoms with Crippen molar-refractivity contribution in [2.75, 3.05) is 0 Å². The minimum atomic E-state index is -4.75. The molecule has 0 heterocycles. The molecule has 0 aromatic carbocycles. The molecule has 0 unspecified atom stereocenters. The number of halogens is 5. The Hall–Kier alpha value is 0.380. The van der Waals surface area contributed by atoms with Gasteiger partial charge >= 0.3 is 6.18 Å². The molecule has 11 heavy (non-hydrogen) atoms. The Kier molecular flexibility index (Phi) is 3.99. The van der Waals surface area contributed by atoms with E-state index >= 15 is 0 Å². The van der Waals surface area contributed by atoms with Crippen molar-refractivity contribution in [1.82, 2.24) is 0 Å². The Labute approximate surface area is 79.2 Å². The molecule has 0 spiro atoms. The molecule has 7 heteroatoms. The Balaban J connectivity index is 4.82. The molecular formula is C4HBrF4S2. The second-order valence-electron chi connectivity index (χ2n) is 1.43. The summed E-state index contributed by atoms with van der Waals surface area (Å²) in [5.41, 5.74) is 0. The molecule has 0 aromatic heterocycles. The first-order valence-corrected chi connectivity index (χ1v) is 3.77. The number of hydrogen-bond donors (Lipinski definition) is 1. The average molecular weight is 269 g/mol. The van der Waals surface area contributed by atoms with Crippen molar-refractivity contribution in [2.24, 2.45) is 0 Å². The molecule has 0 aromatic rings. The largest absolute Gasteiger partial charge is 0.425 e. The summed E-state index contributed by atoms with van der Waals surface area (Å²) in [5, 5.41) is 0. The van der Waals surface area contributed by atoms with E-state index in [-0.39, 0.29) is 0 Å². The summed E-state index contributed by atoms with van der Waals surface area (Å²) in [6, 6.07) is 0. The summed E-state index contributed by atoms with van der Waals surface area (Å²) < 4.78 is 44.9. The molecule has 0 N–H and O–H groups in total. The van der Waals surface area contributed by atoms with E-state index in [1.54, 1.807) is 0 Å². The second kappa shape index (κ2) is 3.86. The number of alkyl halides is 3. The molecule has 0 saturated heterocycles. The molecule has 0 amide bonds. The fourth-order valence-corrected chi connectivity index (χ4v) is 0.915. The predicted molar refractivity (Wildman–Crippen MR) is 44.7 cm³/mol. The third-order valence-corrected chi connectivity index (χ3v) is 1.80. The van der Waals surface area contributed by atoms with Crippen molar-refractivity contribution in [3.63, 3.8) is 0 Å². The molecule has 0 aliphatic carbocycles. The maximum atomic E-state index is 12.3. The lowest BCUT2D eigenvalue weighted by Gasteiger charge is -2.04. The van der Waals surface area contributed by atoms with E-state index in [1.165, 1.54) is 0 Å². The Bertz CT molecular complexity index is 207. The number of rotatable bonds is 1. The standard InChI is InChI=1S/C4HBrF4S2/c5-2(4(7,8)9)1(6)3(10)11/h(H,10,11). The summed E-state index contributed by atoms with van der Waals surface area (Å²) >= 11 is 9.30. The molecule has 0 fully saturated rings. The summed E-state index contributed by atoms with van der Waals surface area (Å²) in [7, 11) is 0. The first kappa shape index (κ1) is 11.4. The monoisotopic (exact) mass is 268 g/mol. The zero-order valence-electron chi connectivity index (χ0n) is 4.75. The molecule has 0 saturated carbocycles. The SMILES string of the molecule is FC(C(=S)S)=C(Br)C(F)(F)F. The fraction of sp³-hybridized carbons (Fsp3) is 0.250. The van der Waals surface area contributed by atoms with Crippen LogP contribution < -0.4 is 0 Å². The van der Waals surface area contributed by atoms with Crippen LogP contribution in [0, 0.1) is 0 Å². The fourth-order valence-electron chi connectivity index (χ4n) is 0.218. The lowest BCUT2D eigenvalue weighted by molar-refractivity contribution is -0.0840. The first-order valence-electron chi connectivity index (χ1n) is 2.12. The van der Waals surface area contributed by atoms with E-state index in [0.29, 0.717) is 0 Å². The Morgan fingerprint density at radius 2 is 1.73 bits per heavy atom. The topological polar surface area (TPSA) is 0 Å². The van der Waals surface area contributed by atoms with Crippen LogP contribution in [0.5, 0.6) is 0 Å². The highest BCUT2D eigenvalue weighted by molar-refractivity contribution is 9.11. The van der Waals surface area contributed by atoms with Crippen LogP contribution in [0.1, 0.15) is 0 Å². The van der Waals surface area contributed by atoms with Gasteiger partial charge in [-0.25, -0.2) is 4.39 Å². The smallest absolute Gasteiger partial charge is 0.204 e. The van der Waals surface area contributed by atoms with Gasteiger partial charge < -0.3 is 0 Å². The quantitative estimate of drug-likeness (QED) is 0.329. The molecular weight excluding hydrogens is 268 g/mol. The van der Waals surface area contributed by atoms with Crippen LogP contribution in [0.3, 0.4) is 0 Å². The van der Waals surface area contributed by atoms with Gasteiger partial charge in [-0.1, -0.05) is 12.2 Å². The van der Waals surface area contributed by atoms with E-state index in [9.17, 15) is 17.6 Å². The summed E-state index contributed by atoms with van der Waals surface area (Å²) in [4.78, 5) is 0. The van der Waals surface area contributed by atoms with Crippen LogP contribution in [0.25, 0.3) is 0 Å². The maximum absolute atomic E-state index is 12.3. The van der Waals surface area contributed by atoms with Crippen LogP contribution in [-0.4, -0.2) is 10.4 Å². The van der Waals surface area contributed by atoms with Gasteiger partial charge in [0.05, 0.1) is 0 Å². The van der Waals surface area contributed by atoms with Crippen LogP contribution in [0.4, 0.5) is 17.6 Å². The van der Waals surface area contributed by atoms with Crippen molar-refractivity contribution in [3.05, 3.63) is 10.3 Å². The minimum Gasteiger partial charge on any atom is -0.204 e. The number of thiol groups is 1. The number of thiocarbonyl (C=S) groups is 1. The third-order valence-electron chi connectivity index (χ3n) is 0.629. The normalized spacial score (nSPS) is 14.4. The highest BCUT2D eigenvalue weighted by Gasteiger charge is 2.35. The Morgan fingerprint density at radius 1 is 1.36 bits per heavy atom. The molecule has 64 valence electrons. The van der Waals surface area contributed by atoms with Gasteiger partial charge in [0.25, 0.3) is 0 Å². The Morgan fingerprint density at radius 3 is 1.82 bits per heavy atom. The van der Waals surface area contributed by atoms with E-state index < -0.39 is 20.7 Å². The van der Waals surface area contributed by atoms with Gasteiger partial charge in [-0.15, -0.1) is 12.6 Å². The lowest BCUT2D eigenvalue weighted by atomic mass is 10.5. The van der Waals surface area contributed by atoms with Crippen LogP contribution in [0.2, 0.25) is 0 Å². The summed E-state index contributed by atoms with van der Waals surface area (Å²) in [6.45, 7) is 0. The molecule has 0 atom stereocenters. The van der Waals surface area contributed by atoms with E-state index in [4.69, 9.17) is 0 Å². The number of hydrogen-bond acceptors (Lipinski definition) is 1. The average Bonchev–Trinajstić information content (AvgIpc) is 1.82. The highest BCUT2D eigenvalue weighted by atomic mass is 79.9. The van der Waals surface area contributed by atoms with Gasteiger partial charge in [-0.2, -0.15) is 13.2 Å². The van der Waals surface area contributed by atoms with E-state index in [1.807, 2.05) is 15.9 Å². The van der Waals surface area contributed by atoms with Gasteiger partial charge in [-0.3, -0.25) is 0 Å². The molecule has 0 aliphatic heterocycles. The van der Waals surface area contributed by atoms with Crippen molar-refractivity contribution in [3.8, 4) is 0 Å². The summed E-state index contributed by atoms with van der Waals surface area (Å²) in [5.74, 6) is -1.57. The molecule has 0 bridgehead atoms.